The van der Waals surface area contributed by atoms with Gasteiger partial charge in [0.1, 0.15) is 12.4 Å². The number of fused-ring (bicyclic) bond motifs is 1. The zero-order valence-corrected chi connectivity index (χ0v) is 18.4. The van der Waals surface area contributed by atoms with Crippen LogP contribution < -0.4 is 0 Å². The highest BCUT2D eigenvalue weighted by Gasteiger charge is 2.30. The summed E-state index contributed by atoms with van der Waals surface area (Å²) in [6.45, 7) is -1.18. The number of amides is 1. The molecule has 0 saturated heterocycles. The van der Waals surface area contributed by atoms with Gasteiger partial charge >= 0.3 is 6.18 Å². The quantitative estimate of drug-likeness (QED) is 0.521. The number of nitrogens with zero attached hydrogens (tertiary/aromatic N) is 5. The van der Waals surface area contributed by atoms with E-state index in [1.165, 1.54) is 17.3 Å². The predicted octanol–water partition coefficient (Wildman–Crippen LogP) is 4.54. The van der Waals surface area contributed by atoms with Gasteiger partial charge < -0.3 is 9.47 Å². The molecule has 0 saturated carbocycles. The number of aromatic nitrogens is 4. The molecule has 10 heteroatoms. The second kappa shape index (κ2) is 8.49. The van der Waals surface area contributed by atoms with Gasteiger partial charge in [0.15, 0.2) is 5.69 Å². The van der Waals surface area contributed by atoms with Crippen LogP contribution in [0.1, 0.15) is 40.4 Å². The van der Waals surface area contributed by atoms with E-state index in [1.54, 1.807) is 7.05 Å². The first-order chi connectivity index (χ1) is 14.7. The molecule has 2 aromatic heterocycles. The number of carbonyl (C=O) groups excluding carboxylic acids is 1. The smallest absolute Gasteiger partial charge is 0.333 e. The van der Waals surface area contributed by atoms with Crippen LogP contribution in [-0.4, -0.2) is 43.4 Å². The van der Waals surface area contributed by atoms with Crippen molar-refractivity contribution in [2.45, 2.75) is 44.9 Å². The van der Waals surface area contributed by atoms with E-state index in [0.717, 1.165) is 51.7 Å². The summed E-state index contributed by atoms with van der Waals surface area (Å²) in [5, 5.41) is 4.63. The molecule has 31 heavy (non-hydrogen) atoms. The minimum Gasteiger partial charge on any atom is -0.333 e. The number of alkyl halides is 3. The van der Waals surface area contributed by atoms with Crippen LogP contribution >= 0.6 is 15.9 Å². The van der Waals surface area contributed by atoms with Crippen LogP contribution in [0.15, 0.2) is 41.1 Å². The van der Waals surface area contributed by atoms with Crippen LogP contribution in [0.2, 0.25) is 0 Å². The summed E-state index contributed by atoms with van der Waals surface area (Å²) in [5.41, 5.74) is 3.14. The molecule has 0 aliphatic heterocycles. The fourth-order valence-electron chi connectivity index (χ4n) is 3.89. The molecule has 0 fully saturated rings. The van der Waals surface area contributed by atoms with Crippen molar-refractivity contribution in [3.8, 4) is 5.69 Å². The van der Waals surface area contributed by atoms with Gasteiger partial charge in [-0.3, -0.25) is 4.79 Å². The van der Waals surface area contributed by atoms with E-state index in [2.05, 4.69) is 26.0 Å². The molecule has 2 heterocycles. The lowest BCUT2D eigenvalue weighted by Gasteiger charge is -2.19. The molecule has 1 aromatic carbocycles. The molecule has 1 aliphatic carbocycles. The average Bonchev–Trinajstić information content (AvgIpc) is 3.30. The Morgan fingerprint density at radius 3 is 2.77 bits per heavy atom. The van der Waals surface area contributed by atoms with E-state index < -0.39 is 12.7 Å². The Kier molecular flexibility index (Phi) is 5.92. The van der Waals surface area contributed by atoms with Crippen molar-refractivity contribution in [2.75, 3.05) is 7.05 Å². The lowest BCUT2D eigenvalue weighted by atomic mass is 9.95. The third kappa shape index (κ3) is 4.68. The molecule has 0 spiro atoms. The lowest BCUT2D eigenvalue weighted by Crippen LogP contribution is -2.30. The summed E-state index contributed by atoms with van der Waals surface area (Å²) in [5.74, 6) is -0.151. The van der Waals surface area contributed by atoms with Gasteiger partial charge in [-0.2, -0.15) is 18.3 Å². The van der Waals surface area contributed by atoms with Crippen LogP contribution in [0.4, 0.5) is 13.2 Å². The third-order valence-electron chi connectivity index (χ3n) is 5.31. The molecule has 1 aliphatic rings. The van der Waals surface area contributed by atoms with Crippen molar-refractivity contribution in [3.63, 3.8) is 0 Å². The van der Waals surface area contributed by atoms with Crippen LogP contribution in [-0.2, 0) is 25.9 Å². The first-order valence-corrected chi connectivity index (χ1v) is 10.7. The number of imidazole rings is 1. The lowest BCUT2D eigenvalue weighted by molar-refractivity contribution is -0.141. The third-order valence-corrected chi connectivity index (χ3v) is 5.81. The summed E-state index contributed by atoms with van der Waals surface area (Å²) in [7, 11) is 1.56. The Balaban J connectivity index is 1.63. The number of hydrogen-bond donors (Lipinski definition) is 0. The maximum Gasteiger partial charge on any atom is 0.406 e. The topological polar surface area (TPSA) is 56.0 Å². The van der Waals surface area contributed by atoms with Gasteiger partial charge in [-0.05, 0) is 43.9 Å². The largest absolute Gasteiger partial charge is 0.406 e. The van der Waals surface area contributed by atoms with Crippen molar-refractivity contribution in [2.24, 2.45) is 0 Å². The fraction of sp³-hybridized carbons (Fsp3) is 0.381. The van der Waals surface area contributed by atoms with E-state index in [4.69, 9.17) is 0 Å². The monoisotopic (exact) mass is 495 g/mol. The van der Waals surface area contributed by atoms with Crippen molar-refractivity contribution in [1.82, 2.24) is 24.2 Å². The Labute approximate surface area is 185 Å². The standard InChI is InChI=1S/C21H21BrF3N5O/c1-28(12-18-26-9-10-29(18)13-21(23,24)25)20(31)19-16-7-2-3-8-17(16)30(27-19)15-6-4-5-14(22)11-15/h4-6,9-11H,2-3,7-8,12-13H2,1H3. The molecule has 0 bridgehead atoms. The molecule has 4 rings (SSSR count). The van der Waals surface area contributed by atoms with Gasteiger partial charge in [-0.1, -0.05) is 22.0 Å². The molecular formula is C21H21BrF3N5O. The molecule has 0 atom stereocenters. The summed E-state index contributed by atoms with van der Waals surface area (Å²) in [6.07, 6.45) is 1.78. The Morgan fingerprint density at radius 2 is 2.03 bits per heavy atom. The highest BCUT2D eigenvalue weighted by Crippen LogP contribution is 2.29. The fourth-order valence-corrected chi connectivity index (χ4v) is 4.27. The average molecular weight is 496 g/mol. The zero-order valence-electron chi connectivity index (χ0n) is 16.9. The van der Waals surface area contributed by atoms with Crippen LogP contribution in [0.5, 0.6) is 0 Å². The maximum atomic E-state index is 13.2. The Morgan fingerprint density at radius 1 is 1.26 bits per heavy atom. The normalized spacial score (nSPS) is 13.8. The van der Waals surface area contributed by atoms with Crippen LogP contribution in [0.3, 0.4) is 0 Å². The minimum atomic E-state index is -4.36. The van der Waals surface area contributed by atoms with E-state index in [0.29, 0.717) is 5.69 Å². The highest BCUT2D eigenvalue weighted by molar-refractivity contribution is 9.10. The molecule has 0 radical (unpaired) electrons. The number of carbonyl (C=O) groups is 1. The van der Waals surface area contributed by atoms with Gasteiger partial charge in [-0.15, -0.1) is 0 Å². The van der Waals surface area contributed by atoms with E-state index >= 15 is 0 Å². The van der Waals surface area contributed by atoms with Gasteiger partial charge in [0.2, 0.25) is 0 Å². The zero-order chi connectivity index (χ0) is 22.2. The number of rotatable bonds is 5. The summed E-state index contributed by atoms with van der Waals surface area (Å²) < 4.78 is 42.1. The molecular weight excluding hydrogens is 475 g/mol. The van der Waals surface area contributed by atoms with E-state index in [-0.39, 0.29) is 18.3 Å². The molecule has 0 unspecified atom stereocenters. The number of hydrogen-bond acceptors (Lipinski definition) is 3. The molecule has 0 N–H and O–H groups in total. The van der Waals surface area contributed by atoms with Crippen molar-refractivity contribution < 1.29 is 18.0 Å². The van der Waals surface area contributed by atoms with E-state index in [1.807, 2.05) is 28.9 Å². The van der Waals surface area contributed by atoms with E-state index in [9.17, 15) is 18.0 Å². The first kappa shape index (κ1) is 21.6. The molecule has 3 aromatic rings. The molecule has 6 nitrogen and oxygen atoms in total. The van der Waals surface area contributed by atoms with Crippen LogP contribution in [0, 0.1) is 0 Å². The summed E-state index contributed by atoms with van der Waals surface area (Å²) >= 11 is 3.47. The van der Waals surface area contributed by atoms with Crippen LogP contribution in [0.25, 0.3) is 5.69 Å². The predicted molar refractivity (Wildman–Crippen MR) is 112 cm³/mol. The van der Waals surface area contributed by atoms with Gasteiger partial charge in [0, 0.05) is 35.2 Å². The summed E-state index contributed by atoms with van der Waals surface area (Å²) in [6, 6.07) is 7.69. The maximum absolute atomic E-state index is 13.2. The Hall–Kier alpha value is -2.62. The van der Waals surface area contributed by atoms with Gasteiger partial charge in [0.05, 0.1) is 12.2 Å². The SMILES string of the molecule is CN(Cc1nccn1CC(F)(F)F)C(=O)c1nn(-c2cccc(Br)c2)c2c1CCCC2. The molecule has 164 valence electrons. The summed E-state index contributed by atoms with van der Waals surface area (Å²) in [4.78, 5) is 18.6. The second-order valence-electron chi connectivity index (χ2n) is 7.62. The first-order valence-electron chi connectivity index (χ1n) is 9.92. The minimum absolute atomic E-state index is 0.0412. The van der Waals surface area contributed by atoms with Gasteiger partial charge in [-0.25, -0.2) is 9.67 Å². The van der Waals surface area contributed by atoms with Crippen molar-refractivity contribution >= 4 is 21.8 Å². The van der Waals surface area contributed by atoms with Gasteiger partial charge in [0.25, 0.3) is 5.91 Å². The van der Waals surface area contributed by atoms with Crippen molar-refractivity contribution in [3.05, 3.63) is 63.9 Å². The molecule has 1 amide bonds. The Bertz CT molecular complexity index is 1100. The van der Waals surface area contributed by atoms with Crippen molar-refractivity contribution in [1.29, 1.82) is 0 Å². The highest BCUT2D eigenvalue weighted by atomic mass is 79.9. The number of halogens is 4. The second-order valence-corrected chi connectivity index (χ2v) is 8.54. The number of benzene rings is 1.